The number of amides is 1. The minimum atomic E-state index is -0.355. The number of ketones is 1. The third-order valence-corrected chi connectivity index (χ3v) is 6.40. The van der Waals surface area contributed by atoms with Gasteiger partial charge in [-0.3, -0.25) is 9.59 Å². The number of aromatic nitrogens is 2. The predicted molar refractivity (Wildman–Crippen MR) is 132 cm³/mol. The Kier molecular flexibility index (Phi) is 6.90. The van der Waals surface area contributed by atoms with Gasteiger partial charge in [-0.2, -0.15) is 0 Å². The van der Waals surface area contributed by atoms with E-state index in [9.17, 15) is 9.59 Å². The monoisotopic (exact) mass is 500 g/mol. The van der Waals surface area contributed by atoms with Crippen molar-refractivity contribution in [1.82, 2.24) is 15.3 Å². The number of fused-ring (bicyclic) bond motifs is 1. The van der Waals surface area contributed by atoms with Gasteiger partial charge in [0.05, 0.1) is 41.9 Å². The summed E-state index contributed by atoms with van der Waals surface area (Å²) in [5, 5.41) is 7.44. The second-order valence-corrected chi connectivity index (χ2v) is 8.52. The molecule has 1 fully saturated rings. The predicted octanol–water partition coefficient (Wildman–Crippen LogP) is 4.44. The number of nitrogens with one attached hydrogen (secondary N) is 2. The first-order valence-corrected chi connectivity index (χ1v) is 11.2. The topological polar surface area (TPSA) is 102 Å². The van der Waals surface area contributed by atoms with Crippen molar-refractivity contribution in [3.63, 3.8) is 0 Å². The van der Waals surface area contributed by atoms with E-state index in [2.05, 4.69) is 27.2 Å². The SMILES string of the molecule is C=CC(=O)N[C@H]1CC(=O)C[C@H]1Nc1ncc2cc(-c3c(Cl)c(OC)cc(OC)c3Cl)ccc2n1. The smallest absolute Gasteiger partial charge is 0.243 e. The number of rotatable bonds is 7. The highest BCUT2D eigenvalue weighted by Crippen LogP contribution is 2.46. The molecule has 10 heteroatoms. The number of hydrogen-bond donors (Lipinski definition) is 2. The maximum absolute atomic E-state index is 12.0. The molecule has 4 rings (SSSR count). The maximum atomic E-state index is 12.0. The second-order valence-electron chi connectivity index (χ2n) is 7.77. The first-order chi connectivity index (χ1) is 16.3. The van der Waals surface area contributed by atoms with Crippen molar-refractivity contribution in [2.45, 2.75) is 24.9 Å². The molecule has 1 amide bonds. The van der Waals surface area contributed by atoms with Crippen LogP contribution >= 0.6 is 23.2 Å². The Bertz CT molecular complexity index is 1270. The molecule has 0 aliphatic heterocycles. The van der Waals surface area contributed by atoms with E-state index in [1.807, 2.05) is 18.2 Å². The van der Waals surface area contributed by atoms with Crippen LogP contribution in [0.25, 0.3) is 22.0 Å². The van der Waals surface area contributed by atoms with Crippen molar-refractivity contribution >= 4 is 51.7 Å². The van der Waals surface area contributed by atoms with Crippen LogP contribution in [0, 0.1) is 0 Å². The van der Waals surface area contributed by atoms with E-state index >= 15 is 0 Å². The molecule has 2 N–H and O–H groups in total. The van der Waals surface area contributed by atoms with Gasteiger partial charge in [-0.05, 0) is 23.8 Å². The van der Waals surface area contributed by atoms with Crippen molar-refractivity contribution in [3.8, 4) is 22.6 Å². The van der Waals surface area contributed by atoms with Crippen molar-refractivity contribution < 1.29 is 19.1 Å². The maximum Gasteiger partial charge on any atom is 0.243 e. The molecule has 176 valence electrons. The Morgan fingerprint density at radius 3 is 2.44 bits per heavy atom. The number of carbonyl (C=O) groups excluding carboxylic acids is 2. The summed E-state index contributed by atoms with van der Waals surface area (Å²) in [7, 11) is 3.04. The van der Waals surface area contributed by atoms with Crippen LogP contribution in [0.3, 0.4) is 0 Å². The van der Waals surface area contributed by atoms with Crippen LogP contribution in [-0.2, 0) is 9.59 Å². The zero-order chi connectivity index (χ0) is 24.4. The van der Waals surface area contributed by atoms with Crippen LogP contribution < -0.4 is 20.1 Å². The van der Waals surface area contributed by atoms with Crippen LogP contribution in [-0.4, -0.2) is 48.0 Å². The van der Waals surface area contributed by atoms with Crippen LogP contribution in [0.15, 0.2) is 43.1 Å². The Hall–Kier alpha value is -3.36. The van der Waals surface area contributed by atoms with Gasteiger partial charge in [0.2, 0.25) is 11.9 Å². The van der Waals surface area contributed by atoms with Crippen molar-refractivity contribution in [1.29, 1.82) is 0 Å². The summed E-state index contributed by atoms with van der Waals surface area (Å²) in [5.41, 5.74) is 2.01. The highest BCUT2D eigenvalue weighted by atomic mass is 35.5. The molecule has 2 aromatic carbocycles. The highest BCUT2D eigenvalue weighted by molar-refractivity contribution is 6.41. The lowest BCUT2D eigenvalue weighted by atomic mass is 10.0. The van der Waals surface area contributed by atoms with Crippen molar-refractivity contribution in [3.05, 3.63) is 53.2 Å². The minimum absolute atomic E-state index is 0.0553. The van der Waals surface area contributed by atoms with Crippen LogP contribution in [0.1, 0.15) is 12.8 Å². The Morgan fingerprint density at radius 1 is 1.12 bits per heavy atom. The van der Waals surface area contributed by atoms with Gasteiger partial charge in [0.1, 0.15) is 17.3 Å². The Labute approximate surface area is 206 Å². The van der Waals surface area contributed by atoms with Gasteiger partial charge in [-0.15, -0.1) is 0 Å². The van der Waals surface area contributed by atoms with E-state index in [0.29, 0.717) is 38.6 Å². The average Bonchev–Trinajstić information content (AvgIpc) is 3.17. The molecule has 0 spiro atoms. The standard InChI is InChI=1S/C24H22Cl2N4O4/c1-4-20(32)28-16-8-14(31)9-17(16)30-24-27-11-13-7-12(5-6-15(13)29-24)21-22(25)18(33-2)10-19(34-3)23(21)26/h4-7,10-11,16-17H,1,8-9H2,2-3H3,(H,28,32)(H,27,29,30)/t16-,17+/m0/s1. The quantitative estimate of drug-likeness (QED) is 0.462. The normalized spacial score (nSPS) is 17.5. The molecule has 1 heterocycles. The van der Waals surface area contributed by atoms with E-state index in [1.165, 1.54) is 20.3 Å². The number of nitrogens with zero attached hydrogens (tertiary/aromatic N) is 2. The number of carbonyl (C=O) groups is 2. The third-order valence-electron chi connectivity index (χ3n) is 5.65. The van der Waals surface area contributed by atoms with Crippen LogP contribution in [0.5, 0.6) is 11.5 Å². The van der Waals surface area contributed by atoms with Gasteiger partial charge in [-0.1, -0.05) is 35.8 Å². The summed E-state index contributed by atoms with van der Waals surface area (Å²) in [5.74, 6) is 0.970. The van der Waals surface area contributed by atoms with E-state index in [1.54, 1.807) is 12.3 Å². The van der Waals surface area contributed by atoms with Crippen LogP contribution in [0.2, 0.25) is 10.0 Å². The molecular weight excluding hydrogens is 479 g/mol. The summed E-state index contributed by atoms with van der Waals surface area (Å²) in [4.78, 5) is 32.6. The summed E-state index contributed by atoms with van der Waals surface area (Å²) >= 11 is 13.1. The zero-order valence-electron chi connectivity index (χ0n) is 18.5. The average molecular weight is 501 g/mol. The molecular formula is C24H22Cl2N4O4. The zero-order valence-corrected chi connectivity index (χ0v) is 20.0. The molecule has 0 saturated heterocycles. The molecule has 1 aromatic heterocycles. The number of anilines is 1. The molecule has 0 bridgehead atoms. The highest BCUT2D eigenvalue weighted by Gasteiger charge is 2.34. The lowest BCUT2D eigenvalue weighted by Gasteiger charge is -2.20. The summed E-state index contributed by atoms with van der Waals surface area (Å²) in [6.07, 6.45) is 3.37. The molecule has 1 saturated carbocycles. The number of ether oxygens (including phenoxy) is 2. The molecule has 0 radical (unpaired) electrons. The van der Waals surface area contributed by atoms with E-state index in [4.69, 9.17) is 32.7 Å². The molecule has 34 heavy (non-hydrogen) atoms. The molecule has 8 nitrogen and oxygen atoms in total. The largest absolute Gasteiger partial charge is 0.495 e. The fraction of sp³-hybridized carbons (Fsp3) is 0.250. The van der Waals surface area contributed by atoms with Gasteiger partial charge >= 0.3 is 0 Å². The second kappa shape index (κ2) is 9.87. The number of methoxy groups -OCH3 is 2. The number of Topliss-reactive ketones (excluding diaryl/α,β-unsaturated/α-hetero) is 1. The molecule has 1 aliphatic carbocycles. The molecule has 1 aliphatic rings. The minimum Gasteiger partial charge on any atom is -0.495 e. The Balaban J connectivity index is 1.64. The van der Waals surface area contributed by atoms with Gasteiger partial charge in [0.25, 0.3) is 0 Å². The number of benzene rings is 2. The fourth-order valence-electron chi connectivity index (χ4n) is 3.97. The summed E-state index contributed by atoms with van der Waals surface area (Å²) < 4.78 is 10.7. The Morgan fingerprint density at radius 2 is 1.79 bits per heavy atom. The van der Waals surface area contributed by atoms with Gasteiger partial charge < -0.3 is 20.1 Å². The number of hydrogen-bond acceptors (Lipinski definition) is 7. The van der Waals surface area contributed by atoms with E-state index in [0.717, 1.165) is 10.9 Å². The lowest BCUT2D eigenvalue weighted by molar-refractivity contribution is -0.117. The first kappa shape index (κ1) is 23.8. The third kappa shape index (κ3) is 4.64. The fourth-order valence-corrected chi connectivity index (χ4v) is 4.69. The summed E-state index contributed by atoms with van der Waals surface area (Å²) in [6.45, 7) is 3.45. The first-order valence-electron chi connectivity index (χ1n) is 10.4. The van der Waals surface area contributed by atoms with E-state index < -0.39 is 0 Å². The summed E-state index contributed by atoms with van der Waals surface area (Å²) in [6, 6.07) is 6.51. The van der Waals surface area contributed by atoms with Gasteiger partial charge in [0, 0.05) is 36.1 Å². The molecule has 3 aromatic rings. The number of halogens is 2. The van der Waals surface area contributed by atoms with Gasteiger partial charge in [0.15, 0.2) is 0 Å². The lowest BCUT2D eigenvalue weighted by Crippen LogP contribution is -2.42. The molecule has 0 unspecified atom stereocenters. The molecule has 2 atom stereocenters. The van der Waals surface area contributed by atoms with Crippen molar-refractivity contribution in [2.75, 3.05) is 19.5 Å². The van der Waals surface area contributed by atoms with Crippen LogP contribution in [0.4, 0.5) is 5.95 Å². The van der Waals surface area contributed by atoms with Gasteiger partial charge in [-0.25, -0.2) is 9.97 Å². The van der Waals surface area contributed by atoms with E-state index in [-0.39, 0.29) is 36.6 Å². The van der Waals surface area contributed by atoms with Crippen molar-refractivity contribution in [2.24, 2.45) is 0 Å².